The van der Waals surface area contributed by atoms with Crippen molar-refractivity contribution in [3.63, 3.8) is 0 Å². The Morgan fingerprint density at radius 3 is 2.70 bits per heavy atom. The molecule has 2 aromatic heterocycles. The first-order chi connectivity index (χ1) is 24.1. The second-order valence-electron chi connectivity index (χ2n) is 13.8. The second kappa shape index (κ2) is 14.3. The van der Waals surface area contributed by atoms with E-state index >= 15 is 0 Å². The lowest BCUT2D eigenvalue weighted by Crippen LogP contribution is -2.49. The van der Waals surface area contributed by atoms with Gasteiger partial charge < -0.3 is 30.0 Å². The van der Waals surface area contributed by atoms with Crippen LogP contribution < -0.4 is 20.7 Å². The first-order valence-corrected chi connectivity index (χ1v) is 17.6. The lowest BCUT2D eigenvalue weighted by molar-refractivity contribution is -0.119. The van der Waals surface area contributed by atoms with Crippen LogP contribution in [0.4, 0.5) is 5.69 Å². The quantitative estimate of drug-likeness (QED) is 0.187. The summed E-state index contributed by atoms with van der Waals surface area (Å²) in [5, 5.41) is 10.2. The molecule has 3 aliphatic rings. The molecule has 50 heavy (non-hydrogen) atoms. The lowest BCUT2D eigenvalue weighted by Gasteiger charge is -2.42. The van der Waals surface area contributed by atoms with Crippen LogP contribution in [-0.4, -0.2) is 77.2 Å². The number of methoxy groups -OCH3 is 1. The largest absolute Gasteiger partial charge is 0.496 e. The second-order valence-corrected chi connectivity index (χ2v) is 14.5. The zero-order valence-corrected chi connectivity index (χ0v) is 30.0. The molecule has 2 amide bonds. The first-order valence-electron chi connectivity index (χ1n) is 16.9. The molecule has 5 heterocycles. The molecule has 3 aliphatic heterocycles. The number of anilines is 1. The summed E-state index contributed by atoms with van der Waals surface area (Å²) in [5.41, 5.74) is 6.33. The van der Waals surface area contributed by atoms with Crippen LogP contribution in [0.2, 0.25) is 10.0 Å². The van der Waals surface area contributed by atoms with Gasteiger partial charge in [-0.2, -0.15) is 0 Å². The van der Waals surface area contributed by atoms with Gasteiger partial charge >= 0.3 is 0 Å². The molecule has 11 nitrogen and oxygen atoms in total. The molecule has 7 rings (SSSR count). The molecule has 0 saturated carbocycles. The molecule has 2 aromatic carbocycles. The minimum absolute atomic E-state index is 0.0999. The summed E-state index contributed by atoms with van der Waals surface area (Å²) in [6.07, 6.45) is 3.93. The number of fused-ring (bicyclic) bond motifs is 1. The Morgan fingerprint density at radius 2 is 1.96 bits per heavy atom. The number of aromatic nitrogens is 3. The van der Waals surface area contributed by atoms with E-state index in [0.717, 1.165) is 61.7 Å². The van der Waals surface area contributed by atoms with Gasteiger partial charge in [-0.15, -0.1) is 0 Å². The molecule has 4 aromatic rings. The number of hydrogen-bond acceptors (Lipinski definition) is 8. The summed E-state index contributed by atoms with van der Waals surface area (Å²) < 4.78 is 13.1. The molecule has 0 bridgehead atoms. The molecular weight excluding hydrogens is 677 g/mol. The number of hydrogen-bond donors (Lipinski definition) is 3. The Balaban J connectivity index is 1.07. The monoisotopic (exact) mass is 717 g/mol. The third kappa shape index (κ3) is 6.97. The van der Waals surface area contributed by atoms with E-state index in [0.29, 0.717) is 70.2 Å². The van der Waals surface area contributed by atoms with Gasteiger partial charge in [-0.05, 0) is 24.6 Å². The third-order valence-corrected chi connectivity index (χ3v) is 10.6. The fourth-order valence-corrected chi connectivity index (χ4v) is 7.72. The van der Waals surface area contributed by atoms with Crippen molar-refractivity contribution in [2.24, 2.45) is 12.5 Å². The Morgan fingerprint density at radius 1 is 1.14 bits per heavy atom. The van der Waals surface area contributed by atoms with Gasteiger partial charge in [0.15, 0.2) is 5.82 Å². The molecule has 1 atom stereocenters. The minimum Gasteiger partial charge on any atom is -0.496 e. The number of benzene rings is 2. The maximum absolute atomic E-state index is 13.6. The molecule has 3 N–H and O–H groups in total. The summed E-state index contributed by atoms with van der Waals surface area (Å²) >= 11 is 14.0. The lowest BCUT2D eigenvalue weighted by atomic mass is 9.87. The van der Waals surface area contributed by atoms with E-state index < -0.39 is 0 Å². The molecule has 0 unspecified atom stereocenters. The minimum atomic E-state index is -0.331. The van der Waals surface area contributed by atoms with E-state index in [1.165, 1.54) is 0 Å². The van der Waals surface area contributed by atoms with Crippen molar-refractivity contribution in [1.82, 2.24) is 30.1 Å². The molecule has 0 aliphatic carbocycles. The number of rotatable bonds is 11. The van der Waals surface area contributed by atoms with Crippen LogP contribution in [0.3, 0.4) is 0 Å². The summed E-state index contributed by atoms with van der Waals surface area (Å²) in [6, 6.07) is 13.3. The van der Waals surface area contributed by atoms with Gasteiger partial charge in [-0.3, -0.25) is 19.5 Å². The number of ether oxygens (including phenoxy) is 2. The van der Waals surface area contributed by atoms with Gasteiger partial charge in [-0.25, -0.2) is 4.98 Å². The number of halogens is 2. The van der Waals surface area contributed by atoms with Crippen molar-refractivity contribution >= 4 is 40.7 Å². The van der Waals surface area contributed by atoms with Crippen LogP contribution in [0.15, 0.2) is 48.7 Å². The first kappa shape index (κ1) is 34.4. The molecule has 2 fully saturated rings. The highest BCUT2D eigenvalue weighted by Gasteiger charge is 2.37. The van der Waals surface area contributed by atoms with E-state index in [1.54, 1.807) is 19.4 Å². The van der Waals surface area contributed by atoms with Crippen LogP contribution in [0.1, 0.15) is 47.3 Å². The van der Waals surface area contributed by atoms with Gasteiger partial charge in [0.2, 0.25) is 5.91 Å². The van der Waals surface area contributed by atoms with Crippen LogP contribution in [0.25, 0.3) is 22.4 Å². The Bertz CT molecular complexity index is 1940. The average Bonchev–Trinajstić information content (AvgIpc) is 3.67. The van der Waals surface area contributed by atoms with E-state index in [4.69, 9.17) is 37.7 Å². The summed E-state index contributed by atoms with van der Waals surface area (Å²) in [5.74, 6) is 0.812. The predicted molar refractivity (Wildman–Crippen MR) is 194 cm³/mol. The highest BCUT2D eigenvalue weighted by molar-refractivity contribution is 6.39. The number of nitrogens with one attached hydrogen (secondary N) is 3. The number of carbonyl (C=O) groups excluding carboxylic acids is 2. The maximum atomic E-state index is 13.6. The van der Waals surface area contributed by atoms with E-state index in [1.807, 2.05) is 48.0 Å². The zero-order chi connectivity index (χ0) is 35.0. The fourth-order valence-electron chi connectivity index (χ4n) is 7.12. The normalized spacial score (nSPS) is 18.3. The van der Waals surface area contributed by atoms with Gasteiger partial charge in [-0.1, -0.05) is 54.4 Å². The molecular formula is C37H41Cl2N7O4. The van der Waals surface area contributed by atoms with Crippen LogP contribution in [0, 0.1) is 5.41 Å². The SMILES string of the molecule is COc1cc(-c2nccc(-c3cccc(NC(=O)c4nc5c(n4C)CCN(CC4(C)COC4)C5)c3Cl)c2Cl)ccc1CNC[C@H]1CCC(=O)N1. The number of carbonyl (C=O) groups is 2. The number of imidazole rings is 1. The highest BCUT2D eigenvalue weighted by Crippen LogP contribution is 2.41. The van der Waals surface area contributed by atoms with Crippen molar-refractivity contribution in [1.29, 1.82) is 0 Å². The Hall–Kier alpha value is -4.00. The smallest absolute Gasteiger partial charge is 0.291 e. The van der Waals surface area contributed by atoms with Crippen LogP contribution >= 0.6 is 23.2 Å². The van der Waals surface area contributed by atoms with Gasteiger partial charge in [0.1, 0.15) is 5.75 Å². The summed E-state index contributed by atoms with van der Waals surface area (Å²) in [7, 11) is 3.52. The molecule has 2 saturated heterocycles. The van der Waals surface area contributed by atoms with Crippen molar-refractivity contribution in [2.75, 3.05) is 45.3 Å². The Kier molecular flexibility index (Phi) is 9.87. The molecule has 0 spiro atoms. The predicted octanol–water partition coefficient (Wildman–Crippen LogP) is 5.48. The van der Waals surface area contributed by atoms with Gasteiger partial charge in [0.05, 0.1) is 47.4 Å². The van der Waals surface area contributed by atoms with Crippen molar-refractivity contribution in [2.45, 2.75) is 45.3 Å². The summed E-state index contributed by atoms with van der Waals surface area (Å²) in [6.45, 7) is 7.65. The number of nitrogens with zero attached hydrogens (tertiary/aromatic N) is 4. The summed E-state index contributed by atoms with van der Waals surface area (Å²) in [4.78, 5) is 36.9. The standard InChI is InChI=1S/C37H41Cl2N7O4/c1-37(20-50-21-37)19-46-14-12-29-28(18-46)43-35(45(29)2)36(48)44-27-6-4-5-25(32(27)38)26-11-13-41-34(33(26)39)22-7-8-23(30(15-22)49-3)16-40-17-24-9-10-31(47)42-24/h4-8,11,13,15,24,40H,9-10,12,14,16-21H2,1-3H3,(H,42,47)(H,44,48)/t24-/m1/s1. The molecule has 262 valence electrons. The molecule has 0 radical (unpaired) electrons. The average molecular weight is 719 g/mol. The van der Waals surface area contributed by atoms with E-state index in [2.05, 4.69) is 32.8 Å². The van der Waals surface area contributed by atoms with Crippen LogP contribution in [0.5, 0.6) is 5.75 Å². The van der Waals surface area contributed by atoms with Gasteiger partial charge in [0.25, 0.3) is 5.91 Å². The fraction of sp³-hybridized carbons (Fsp3) is 0.405. The number of amides is 2. The van der Waals surface area contributed by atoms with Crippen molar-refractivity contribution in [3.8, 4) is 28.1 Å². The highest BCUT2D eigenvalue weighted by atomic mass is 35.5. The van der Waals surface area contributed by atoms with Crippen molar-refractivity contribution in [3.05, 3.63) is 81.5 Å². The van der Waals surface area contributed by atoms with Crippen LogP contribution in [-0.2, 0) is 36.1 Å². The molecule has 13 heteroatoms. The zero-order valence-electron chi connectivity index (χ0n) is 28.4. The van der Waals surface area contributed by atoms with Crippen molar-refractivity contribution < 1.29 is 19.1 Å². The number of pyridine rings is 1. The third-order valence-electron chi connectivity index (χ3n) is 9.82. The van der Waals surface area contributed by atoms with E-state index in [9.17, 15) is 9.59 Å². The van der Waals surface area contributed by atoms with Gasteiger partial charge in [0, 0.05) is 98.2 Å². The Labute approximate surface area is 301 Å². The topological polar surface area (TPSA) is 123 Å². The van der Waals surface area contributed by atoms with E-state index in [-0.39, 0.29) is 23.3 Å². The maximum Gasteiger partial charge on any atom is 0.291 e.